The molecule has 21 heavy (non-hydrogen) atoms. The van der Waals surface area contributed by atoms with Crippen LogP contribution < -0.4 is 0 Å². The molecule has 1 fully saturated rings. The Labute approximate surface area is 122 Å². The zero-order valence-electron chi connectivity index (χ0n) is 11.8. The van der Waals surface area contributed by atoms with Crippen molar-refractivity contribution in [1.82, 2.24) is 14.3 Å². The van der Waals surface area contributed by atoms with E-state index < -0.39 is 17.9 Å². The third-order valence-electron chi connectivity index (χ3n) is 3.90. The van der Waals surface area contributed by atoms with Gasteiger partial charge in [-0.1, -0.05) is 13.0 Å². The number of hydrogen-bond acceptors (Lipinski definition) is 3. The van der Waals surface area contributed by atoms with E-state index in [-0.39, 0.29) is 12.3 Å². The average Bonchev–Trinajstić information content (AvgIpc) is 3.01. The molecule has 2 unspecified atom stereocenters. The van der Waals surface area contributed by atoms with E-state index in [1.165, 1.54) is 0 Å². The van der Waals surface area contributed by atoms with Crippen LogP contribution in [0, 0.1) is 5.92 Å². The number of hydrogen-bond donors (Lipinski definition) is 1. The number of fused-ring (bicyclic) bond motifs is 1. The number of pyridine rings is 1. The Morgan fingerprint density at radius 1 is 1.48 bits per heavy atom. The molecule has 0 radical (unpaired) electrons. The molecule has 1 saturated heterocycles. The van der Waals surface area contributed by atoms with Crippen molar-refractivity contribution in [2.75, 3.05) is 6.54 Å². The number of imidazole rings is 1. The molecule has 3 rings (SSSR count). The second kappa shape index (κ2) is 5.20. The minimum atomic E-state index is -0.941. The van der Waals surface area contributed by atoms with Gasteiger partial charge in [0.2, 0.25) is 5.91 Å². The molecule has 0 bridgehead atoms. The first-order valence-corrected chi connectivity index (χ1v) is 7.07. The normalized spacial score (nSPS) is 22.1. The topological polar surface area (TPSA) is 74.9 Å². The monoisotopic (exact) mass is 287 g/mol. The van der Waals surface area contributed by atoms with E-state index in [0.29, 0.717) is 12.2 Å². The number of carbonyl (C=O) groups excluding carboxylic acids is 1. The molecular formula is C15H17N3O3. The zero-order valence-corrected chi connectivity index (χ0v) is 11.8. The van der Waals surface area contributed by atoms with Crippen molar-refractivity contribution in [2.45, 2.75) is 25.8 Å². The van der Waals surface area contributed by atoms with Gasteiger partial charge in [-0.3, -0.25) is 9.59 Å². The summed E-state index contributed by atoms with van der Waals surface area (Å²) in [7, 11) is 0. The molecule has 6 heteroatoms. The van der Waals surface area contributed by atoms with E-state index in [1.54, 1.807) is 4.90 Å². The molecule has 0 aromatic carbocycles. The van der Waals surface area contributed by atoms with Gasteiger partial charge in [-0.25, -0.2) is 4.98 Å². The maximum absolute atomic E-state index is 12.1. The SMILES string of the molecule is CCCN1C(=O)CC(C(=O)O)C1c1cn2ccccc2n1. The molecule has 0 aliphatic carbocycles. The summed E-state index contributed by atoms with van der Waals surface area (Å²) in [5, 5.41) is 9.41. The van der Waals surface area contributed by atoms with Gasteiger partial charge in [-0.05, 0) is 18.6 Å². The fourth-order valence-corrected chi connectivity index (χ4v) is 2.98. The van der Waals surface area contributed by atoms with E-state index in [2.05, 4.69) is 4.98 Å². The number of rotatable bonds is 4. The van der Waals surface area contributed by atoms with Crippen LogP contribution in [0.1, 0.15) is 31.5 Å². The van der Waals surface area contributed by atoms with Crippen molar-refractivity contribution in [1.29, 1.82) is 0 Å². The van der Waals surface area contributed by atoms with Crippen molar-refractivity contribution in [3.8, 4) is 0 Å². The van der Waals surface area contributed by atoms with Crippen LogP contribution in [-0.4, -0.2) is 37.8 Å². The summed E-state index contributed by atoms with van der Waals surface area (Å²) in [6, 6.07) is 5.15. The Morgan fingerprint density at radius 2 is 2.29 bits per heavy atom. The molecule has 6 nitrogen and oxygen atoms in total. The highest BCUT2D eigenvalue weighted by Gasteiger charge is 2.45. The van der Waals surface area contributed by atoms with Gasteiger partial charge in [0.25, 0.3) is 0 Å². The van der Waals surface area contributed by atoms with Crippen LogP contribution in [0.15, 0.2) is 30.6 Å². The van der Waals surface area contributed by atoms with Gasteiger partial charge in [0, 0.05) is 25.4 Å². The highest BCUT2D eigenvalue weighted by molar-refractivity contribution is 5.87. The fourth-order valence-electron chi connectivity index (χ4n) is 2.98. The largest absolute Gasteiger partial charge is 0.481 e. The smallest absolute Gasteiger partial charge is 0.309 e. The summed E-state index contributed by atoms with van der Waals surface area (Å²) in [6.45, 7) is 2.53. The van der Waals surface area contributed by atoms with Crippen LogP contribution >= 0.6 is 0 Å². The maximum atomic E-state index is 12.1. The van der Waals surface area contributed by atoms with Crippen LogP contribution in [0.25, 0.3) is 5.65 Å². The van der Waals surface area contributed by atoms with Gasteiger partial charge >= 0.3 is 5.97 Å². The van der Waals surface area contributed by atoms with Gasteiger partial charge in [0.15, 0.2) is 0 Å². The Morgan fingerprint density at radius 3 is 2.95 bits per heavy atom. The summed E-state index contributed by atoms with van der Waals surface area (Å²) >= 11 is 0. The Balaban J connectivity index is 2.05. The molecule has 1 amide bonds. The fraction of sp³-hybridized carbons (Fsp3) is 0.400. The molecule has 1 N–H and O–H groups in total. The number of carbonyl (C=O) groups is 2. The van der Waals surface area contributed by atoms with Crippen LogP contribution in [0.3, 0.4) is 0 Å². The van der Waals surface area contributed by atoms with E-state index in [0.717, 1.165) is 12.1 Å². The lowest BCUT2D eigenvalue weighted by Gasteiger charge is -2.24. The van der Waals surface area contributed by atoms with Crippen molar-refractivity contribution < 1.29 is 14.7 Å². The first-order valence-electron chi connectivity index (χ1n) is 7.07. The number of aliphatic carboxylic acids is 1. The molecule has 1 aliphatic heterocycles. The summed E-state index contributed by atoms with van der Waals surface area (Å²) in [5.74, 6) is -1.77. The van der Waals surface area contributed by atoms with Crippen LogP contribution in [0.5, 0.6) is 0 Å². The summed E-state index contributed by atoms with van der Waals surface area (Å²) in [5.41, 5.74) is 1.40. The van der Waals surface area contributed by atoms with E-state index in [9.17, 15) is 14.7 Å². The Hall–Kier alpha value is -2.37. The lowest BCUT2D eigenvalue weighted by atomic mass is 9.98. The molecule has 3 heterocycles. The summed E-state index contributed by atoms with van der Waals surface area (Å²) in [6.07, 6.45) is 4.52. The molecular weight excluding hydrogens is 270 g/mol. The predicted molar refractivity (Wildman–Crippen MR) is 75.7 cm³/mol. The molecule has 2 aromatic heterocycles. The van der Waals surface area contributed by atoms with Crippen LogP contribution in [0.2, 0.25) is 0 Å². The van der Waals surface area contributed by atoms with Crippen molar-refractivity contribution >= 4 is 17.5 Å². The maximum Gasteiger partial charge on any atom is 0.309 e. The summed E-state index contributed by atoms with van der Waals surface area (Å²) in [4.78, 5) is 29.7. The average molecular weight is 287 g/mol. The molecule has 0 saturated carbocycles. The molecule has 110 valence electrons. The highest BCUT2D eigenvalue weighted by Crippen LogP contribution is 2.37. The van der Waals surface area contributed by atoms with Gasteiger partial charge in [0.05, 0.1) is 17.7 Å². The lowest BCUT2D eigenvalue weighted by Crippen LogP contribution is -2.31. The minimum Gasteiger partial charge on any atom is -0.481 e. The molecule has 1 aliphatic rings. The van der Waals surface area contributed by atoms with Gasteiger partial charge in [-0.2, -0.15) is 0 Å². The van der Waals surface area contributed by atoms with E-state index in [1.807, 2.05) is 41.9 Å². The van der Waals surface area contributed by atoms with Gasteiger partial charge in [0.1, 0.15) is 5.65 Å². The second-order valence-corrected chi connectivity index (χ2v) is 5.31. The summed E-state index contributed by atoms with van der Waals surface area (Å²) < 4.78 is 1.85. The first-order chi connectivity index (χ1) is 10.1. The molecule has 0 spiro atoms. The third kappa shape index (κ3) is 2.26. The van der Waals surface area contributed by atoms with E-state index >= 15 is 0 Å². The zero-order chi connectivity index (χ0) is 15.0. The number of amides is 1. The number of carboxylic acids is 1. The minimum absolute atomic E-state index is 0.0495. The van der Waals surface area contributed by atoms with Crippen LogP contribution in [0.4, 0.5) is 0 Å². The highest BCUT2D eigenvalue weighted by atomic mass is 16.4. The molecule has 2 atom stereocenters. The van der Waals surface area contributed by atoms with Crippen LogP contribution in [-0.2, 0) is 9.59 Å². The first kappa shape index (κ1) is 13.6. The molecule has 2 aromatic rings. The Bertz CT molecular complexity index is 661. The third-order valence-corrected chi connectivity index (χ3v) is 3.90. The number of likely N-dealkylation sites (tertiary alicyclic amines) is 1. The van der Waals surface area contributed by atoms with Crippen molar-refractivity contribution in [2.24, 2.45) is 5.92 Å². The number of carboxylic acid groups (broad SMARTS) is 1. The van der Waals surface area contributed by atoms with Crippen molar-refractivity contribution in [3.63, 3.8) is 0 Å². The lowest BCUT2D eigenvalue weighted by molar-refractivity contribution is -0.142. The number of aromatic nitrogens is 2. The van der Waals surface area contributed by atoms with Crippen molar-refractivity contribution in [3.05, 3.63) is 36.3 Å². The van der Waals surface area contributed by atoms with Gasteiger partial charge in [-0.15, -0.1) is 0 Å². The standard InChI is InChI=1S/C15H17N3O3/c1-2-6-18-13(19)8-10(15(20)21)14(18)11-9-17-7-4-3-5-12(17)16-11/h3-5,7,9-10,14H,2,6,8H2,1H3,(H,20,21). The quantitative estimate of drug-likeness (QED) is 0.929. The number of nitrogens with zero attached hydrogens (tertiary/aromatic N) is 3. The predicted octanol–water partition coefficient (Wildman–Crippen LogP) is 1.72. The van der Waals surface area contributed by atoms with E-state index in [4.69, 9.17) is 0 Å². The van der Waals surface area contributed by atoms with Gasteiger partial charge < -0.3 is 14.4 Å². The second-order valence-electron chi connectivity index (χ2n) is 5.31. The Kier molecular flexibility index (Phi) is 3.37.